The second kappa shape index (κ2) is 36.1. The van der Waals surface area contributed by atoms with E-state index >= 15 is 0 Å². The van der Waals surface area contributed by atoms with E-state index in [1.54, 1.807) is 0 Å². The van der Waals surface area contributed by atoms with Crippen molar-refractivity contribution < 1.29 is 63.1 Å². The van der Waals surface area contributed by atoms with Crippen LogP contribution in [0, 0.1) is 0 Å². The Kier molecular flexibility index (Phi) is 33.4. The molecule has 1 fully saturated rings. The first kappa shape index (κ1) is 55.6. The van der Waals surface area contributed by atoms with Crippen LogP contribution in [0.1, 0.15) is 162 Å². The van der Waals surface area contributed by atoms with Crippen LogP contribution >= 0.6 is 7.82 Å². The van der Waals surface area contributed by atoms with Crippen molar-refractivity contribution in [2.45, 2.75) is 204 Å². The zero-order chi connectivity index (χ0) is 44.3. The molecular weight excluding hydrogens is 791 g/mol. The number of carbonyl (C=O) groups excluding carboxylic acids is 2. The van der Waals surface area contributed by atoms with Crippen LogP contribution in [0.3, 0.4) is 0 Å². The molecule has 14 heteroatoms. The summed E-state index contributed by atoms with van der Waals surface area (Å²) in [5.41, 5.74) is 0. The zero-order valence-corrected chi connectivity index (χ0v) is 37.4. The monoisotopic (exact) mass is 871 g/mol. The molecule has 0 aromatic rings. The quantitative estimate of drug-likeness (QED) is 0.0151. The van der Waals surface area contributed by atoms with Gasteiger partial charge in [-0.2, -0.15) is 0 Å². The van der Waals surface area contributed by atoms with E-state index in [0.717, 1.165) is 116 Å². The summed E-state index contributed by atoms with van der Waals surface area (Å²) in [7, 11) is -5.12. The highest BCUT2D eigenvalue weighted by molar-refractivity contribution is 7.47. The van der Waals surface area contributed by atoms with E-state index in [1.807, 2.05) is 0 Å². The van der Waals surface area contributed by atoms with E-state index in [0.29, 0.717) is 12.8 Å². The molecule has 1 aliphatic carbocycles. The first-order valence-corrected chi connectivity index (χ1v) is 24.1. The molecule has 60 heavy (non-hydrogen) atoms. The molecule has 6 atom stereocenters. The van der Waals surface area contributed by atoms with Crippen LogP contribution in [0.25, 0.3) is 0 Å². The van der Waals surface area contributed by atoms with Crippen LogP contribution in [0.5, 0.6) is 0 Å². The molecule has 0 amide bonds. The Hall–Kier alpha value is -2.45. The van der Waals surface area contributed by atoms with Crippen molar-refractivity contribution >= 4 is 19.8 Å². The molecule has 13 nitrogen and oxygen atoms in total. The predicted molar refractivity (Wildman–Crippen MR) is 235 cm³/mol. The normalized spacial score (nSPS) is 22.7. The summed E-state index contributed by atoms with van der Waals surface area (Å²) in [5, 5.41) is 50.1. The lowest BCUT2D eigenvalue weighted by Gasteiger charge is -2.41. The molecule has 0 radical (unpaired) electrons. The average molecular weight is 871 g/mol. The van der Waals surface area contributed by atoms with Gasteiger partial charge < -0.3 is 39.9 Å². The van der Waals surface area contributed by atoms with Crippen molar-refractivity contribution in [3.05, 3.63) is 60.8 Å². The fraction of sp³-hybridized carbons (Fsp3) is 0.739. The number of aliphatic hydroxyl groups excluding tert-OH is 5. The van der Waals surface area contributed by atoms with Gasteiger partial charge in [0.05, 0.1) is 6.61 Å². The standard InChI is InChI=1S/C46H79O13P/c1-3-5-7-9-11-13-15-16-17-18-19-20-21-22-23-24-25-27-29-31-33-35-40(48)58-38(36-56-39(47)34-32-30-28-26-14-12-10-8-6-4-2)37-57-60(54,55)59-46-44(52)42(50)41(49)43(51)45(46)53/h5,7-8,10-11,13,16-17,19-20,38,41-46,49-53H,3-4,6,9,12,14-15,18,21-37H2,1-2H3,(H,54,55)/b7-5-,10-8-,13-11-,17-16-,20-19-. The van der Waals surface area contributed by atoms with Gasteiger partial charge in [0.1, 0.15) is 43.2 Å². The third kappa shape index (κ3) is 28.2. The van der Waals surface area contributed by atoms with Crippen molar-refractivity contribution in [1.82, 2.24) is 0 Å². The Labute approximate surface area is 360 Å². The number of ether oxygens (including phenoxy) is 2. The molecule has 0 aromatic carbocycles. The smallest absolute Gasteiger partial charge is 0.462 e. The lowest BCUT2D eigenvalue weighted by molar-refractivity contribution is -0.220. The number of rotatable bonds is 36. The number of allylic oxidation sites excluding steroid dienone is 10. The van der Waals surface area contributed by atoms with Gasteiger partial charge in [-0.25, -0.2) is 4.57 Å². The summed E-state index contributed by atoms with van der Waals surface area (Å²) >= 11 is 0. The van der Waals surface area contributed by atoms with E-state index in [1.165, 1.54) is 6.42 Å². The topological polar surface area (TPSA) is 210 Å². The van der Waals surface area contributed by atoms with Crippen molar-refractivity contribution in [2.75, 3.05) is 13.2 Å². The molecule has 0 bridgehead atoms. The van der Waals surface area contributed by atoms with Gasteiger partial charge in [-0.3, -0.25) is 18.6 Å². The Morgan fingerprint density at radius 3 is 1.47 bits per heavy atom. The Morgan fingerprint density at radius 1 is 0.533 bits per heavy atom. The minimum atomic E-state index is -5.12. The molecule has 1 saturated carbocycles. The Morgan fingerprint density at radius 2 is 0.950 bits per heavy atom. The summed E-state index contributed by atoms with van der Waals surface area (Å²) in [4.78, 5) is 35.6. The van der Waals surface area contributed by atoms with Crippen molar-refractivity contribution in [3.63, 3.8) is 0 Å². The summed E-state index contributed by atoms with van der Waals surface area (Å²) in [6.07, 6.45) is 30.0. The number of aliphatic hydroxyl groups is 5. The van der Waals surface area contributed by atoms with Crippen LogP contribution < -0.4 is 0 Å². The average Bonchev–Trinajstić information content (AvgIpc) is 3.23. The Balaban J connectivity index is 2.43. The highest BCUT2D eigenvalue weighted by atomic mass is 31.2. The maximum absolute atomic E-state index is 12.8. The summed E-state index contributed by atoms with van der Waals surface area (Å²) < 4.78 is 33.4. The first-order chi connectivity index (χ1) is 28.9. The second-order valence-corrected chi connectivity index (χ2v) is 16.9. The molecule has 0 aliphatic heterocycles. The SMILES string of the molecule is CC/C=C\C/C=C\C/C=C\C/C=C\CCCCCCCCCCC(=O)OC(COC(=O)CCCCCCC/C=C\CCC)COP(=O)(O)OC1C(O)C(O)C(O)C(O)C1O. The largest absolute Gasteiger partial charge is 0.472 e. The number of hydrogen-bond acceptors (Lipinski definition) is 12. The van der Waals surface area contributed by atoms with Crippen molar-refractivity contribution in [3.8, 4) is 0 Å². The van der Waals surface area contributed by atoms with Crippen LogP contribution in [0.15, 0.2) is 60.8 Å². The third-order valence-electron chi connectivity index (χ3n) is 10.1. The molecule has 1 aliphatic rings. The van der Waals surface area contributed by atoms with Crippen molar-refractivity contribution in [1.29, 1.82) is 0 Å². The van der Waals surface area contributed by atoms with Crippen LogP contribution in [0.2, 0.25) is 0 Å². The van der Waals surface area contributed by atoms with Crippen LogP contribution in [-0.4, -0.2) is 98.3 Å². The van der Waals surface area contributed by atoms with Crippen LogP contribution in [-0.2, 0) is 32.7 Å². The first-order valence-electron chi connectivity index (χ1n) is 22.6. The number of hydrogen-bond donors (Lipinski definition) is 6. The van der Waals surface area contributed by atoms with Gasteiger partial charge >= 0.3 is 19.8 Å². The molecular formula is C46H79O13P. The molecule has 6 unspecified atom stereocenters. The van der Waals surface area contributed by atoms with E-state index < -0.39 is 75.7 Å². The van der Waals surface area contributed by atoms with E-state index in [-0.39, 0.29) is 12.8 Å². The number of phosphoric ester groups is 1. The Bertz CT molecular complexity index is 1280. The molecule has 346 valence electrons. The molecule has 0 heterocycles. The number of phosphoric acid groups is 1. The van der Waals surface area contributed by atoms with Gasteiger partial charge in [0.15, 0.2) is 6.10 Å². The van der Waals surface area contributed by atoms with Gasteiger partial charge in [0, 0.05) is 12.8 Å². The van der Waals surface area contributed by atoms with Crippen LogP contribution in [0.4, 0.5) is 0 Å². The number of carbonyl (C=O) groups is 2. The molecule has 0 saturated heterocycles. The minimum absolute atomic E-state index is 0.0829. The summed E-state index contributed by atoms with van der Waals surface area (Å²) in [6.45, 7) is 3.09. The van der Waals surface area contributed by atoms with E-state index in [4.69, 9.17) is 18.5 Å². The fourth-order valence-electron chi connectivity index (χ4n) is 6.46. The van der Waals surface area contributed by atoms with Gasteiger partial charge in [0.25, 0.3) is 0 Å². The number of esters is 2. The van der Waals surface area contributed by atoms with Gasteiger partial charge in [-0.05, 0) is 70.6 Å². The predicted octanol–water partition coefficient (Wildman–Crippen LogP) is 8.55. The minimum Gasteiger partial charge on any atom is -0.462 e. The third-order valence-corrected chi connectivity index (χ3v) is 11.1. The zero-order valence-electron chi connectivity index (χ0n) is 36.5. The number of unbranched alkanes of at least 4 members (excludes halogenated alkanes) is 14. The second-order valence-electron chi connectivity index (χ2n) is 15.5. The van der Waals surface area contributed by atoms with Gasteiger partial charge in [0.2, 0.25) is 0 Å². The lowest BCUT2D eigenvalue weighted by atomic mass is 9.85. The fourth-order valence-corrected chi connectivity index (χ4v) is 7.43. The maximum atomic E-state index is 12.8. The van der Waals surface area contributed by atoms with Crippen molar-refractivity contribution in [2.24, 2.45) is 0 Å². The molecule has 0 spiro atoms. The highest BCUT2D eigenvalue weighted by Crippen LogP contribution is 2.47. The van der Waals surface area contributed by atoms with Gasteiger partial charge in [-0.1, -0.05) is 139 Å². The van der Waals surface area contributed by atoms with Gasteiger partial charge in [-0.15, -0.1) is 0 Å². The molecule has 6 N–H and O–H groups in total. The lowest BCUT2D eigenvalue weighted by Crippen LogP contribution is -2.64. The van der Waals surface area contributed by atoms with E-state index in [2.05, 4.69) is 74.6 Å². The maximum Gasteiger partial charge on any atom is 0.472 e. The summed E-state index contributed by atoms with van der Waals surface area (Å²) in [5.74, 6) is -1.13. The molecule has 1 rings (SSSR count). The highest BCUT2D eigenvalue weighted by Gasteiger charge is 2.51. The molecule has 0 aromatic heterocycles. The van der Waals surface area contributed by atoms with E-state index in [9.17, 15) is 44.6 Å². The summed E-state index contributed by atoms with van der Waals surface area (Å²) in [6, 6.07) is 0.